The SMILES string of the molecule is Clc1ccncc1-c1c(-c2ccccc2)ccc2ccccc12. The largest absolute Gasteiger partial charge is 0.264 e. The molecule has 0 fully saturated rings. The van der Waals surface area contributed by atoms with Gasteiger partial charge in [0.2, 0.25) is 0 Å². The minimum Gasteiger partial charge on any atom is -0.264 e. The van der Waals surface area contributed by atoms with E-state index >= 15 is 0 Å². The second-order valence-electron chi connectivity index (χ2n) is 5.43. The molecule has 0 saturated heterocycles. The topological polar surface area (TPSA) is 12.9 Å². The fourth-order valence-corrected chi connectivity index (χ4v) is 3.18. The Morgan fingerprint density at radius 1 is 0.696 bits per heavy atom. The average molecular weight is 316 g/mol. The maximum absolute atomic E-state index is 6.48. The Kier molecular flexibility index (Phi) is 3.57. The highest BCUT2D eigenvalue weighted by atomic mass is 35.5. The molecule has 0 aliphatic heterocycles. The summed E-state index contributed by atoms with van der Waals surface area (Å²) in [6.45, 7) is 0. The van der Waals surface area contributed by atoms with E-state index in [0.29, 0.717) is 5.02 Å². The molecule has 23 heavy (non-hydrogen) atoms. The molecule has 0 aliphatic carbocycles. The molecule has 4 rings (SSSR count). The highest BCUT2D eigenvalue weighted by Gasteiger charge is 2.14. The van der Waals surface area contributed by atoms with Crippen molar-refractivity contribution in [1.82, 2.24) is 4.98 Å². The van der Waals surface area contributed by atoms with Gasteiger partial charge in [-0.05, 0) is 28.0 Å². The number of benzene rings is 3. The summed E-state index contributed by atoms with van der Waals surface area (Å²) in [6, 6.07) is 24.9. The molecule has 0 N–H and O–H groups in total. The minimum absolute atomic E-state index is 0.716. The van der Waals surface area contributed by atoms with E-state index in [1.165, 1.54) is 21.9 Å². The monoisotopic (exact) mass is 315 g/mol. The van der Waals surface area contributed by atoms with Crippen LogP contribution in [0.1, 0.15) is 0 Å². The maximum Gasteiger partial charge on any atom is 0.0515 e. The van der Waals surface area contributed by atoms with Gasteiger partial charge in [0.25, 0.3) is 0 Å². The van der Waals surface area contributed by atoms with E-state index < -0.39 is 0 Å². The van der Waals surface area contributed by atoms with Gasteiger partial charge in [-0.2, -0.15) is 0 Å². The highest BCUT2D eigenvalue weighted by molar-refractivity contribution is 6.34. The first-order valence-electron chi connectivity index (χ1n) is 7.51. The number of fused-ring (bicyclic) bond motifs is 1. The van der Waals surface area contributed by atoms with E-state index in [4.69, 9.17) is 11.6 Å². The van der Waals surface area contributed by atoms with Crippen LogP contribution in [-0.4, -0.2) is 4.98 Å². The summed E-state index contributed by atoms with van der Waals surface area (Å²) in [6.07, 6.45) is 3.57. The van der Waals surface area contributed by atoms with E-state index in [0.717, 1.165) is 11.1 Å². The lowest BCUT2D eigenvalue weighted by Gasteiger charge is -2.14. The van der Waals surface area contributed by atoms with E-state index in [-0.39, 0.29) is 0 Å². The van der Waals surface area contributed by atoms with Crippen LogP contribution in [0, 0.1) is 0 Å². The van der Waals surface area contributed by atoms with E-state index in [9.17, 15) is 0 Å². The van der Waals surface area contributed by atoms with Crippen LogP contribution in [-0.2, 0) is 0 Å². The summed E-state index contributed by atoms with van der Waals surface area (Å²) in [5.74, 6) is 0. The van der Waals surface area contributed by atoms with Crippen molar-refractivity contribution in [1.29, 1.82) is 0 Å². The smallest absolute Gasteiger partial charge is 0.0515 e. The molecule has 110 valence electrons. The number of nitrogens with zero attached hydrogens (tertiary/aromatic N) is 1. The second kappa shape index (κ2) is 5.86. The number of pyridine rings is 1. The van der Waals surface area contributed by atoms with Crippen molar-refractivity contribution in [2.45, 2.75) is 0 Å². The van der Waals surface area contributed by atoms with Crippen LogP contribution in [0.2, 0.25) is 5.02 Å². The fourth-order valence-electron chi connectivity index (χ4n) is 2.98. The molecule has 0 spiro atoms. The molecule has 3 aromatic carbocycles. The lowest BCUT2D eigenvalue weighted by Crippen LogP contribution is -1.89. The van der Waals surface area contributed by atoms with Crippen LogP contribution in [0.15, 0.2) is 85.2 Å². The van der Waals surface area contributed by atoms with Gasteiger partial charge in [0.15, 0.2) is 0 Å². The van der Waals surface area contributed by atoms with Crippen molar-refractivity contribution < 1.29 is 0 Å². The maximum atomic E-state index is 6.48. The zero-order chi connectivity index (χ0) is 15.6. The van der Waals surface area contributed by atoms with Gasteiger partial charge in [0, 0.05) is 23.5 Å². The molecule has 1 heterocycles. The van der Waals surface area contributed by atoms with Gasteiger partial charge in [0.05, 0.1) is 5.02 Å². The molecule has 1 aromatic heterocycles. The number of aromatic nitrogens is 1. The normalized spacial score (nSPS) is 10.8. The van der Waals surface area contributed by atoms with Gasteiger partial charge >= 0.3 is 0 Å². The predicted octanol–water partition coefficient (Wildman–Crippen LogP) is 6.22. The van der Waals surface area contributed by atoms with Gasteiger partial charge in [-0.15, -0.1) is 0 Å². The van der Waals surface area contributed by atoms with E-state index in [1.807, 2.05) is 18.3 Å². The lowest BCUT2D eigenvalue weighted by molar-refractivity contribution is 1.33. The molecule has 0 amide bonds. The van der Waals surface area contributed by atoms with Crippen LogP contribution in [0.5, 0.6) is 0 Å². The van der Waals surface area contributed by atoms with Crippen LogP contribution in [0.25, 0.3) is 33.0 Å². The quantitative estimate of drug-likeness (QED) is 0.428. The van der Waals surface area contributed by atoms with Crippen molar-refractivity contribution in [2.24, 2.45) is 0 Å². The summed E-state index contributed by atoms with van der Waals surface area (Å²) in [4.78, 5) is 4.28. The van der Waals surface area contributed by atoms with E-state index in [2.05, 4.69) is 65.6 Å². The van der Waals surface area contributed by atoms with Crippen molar-refractivity contribution in [2.75, 3.05) is 0 Å². The summed E-state index contributed by atoms with van der Waals surface area (Å²) < 4.78 is 0. The standard InChI is InChI=1S/C21H14ClN/c22-20-12-13-23-14-19(20)21-17-9-5-4-8-16(17)10-11-18(21)15-6-2-1-3-7-15/h1-14H. The van der Waals surface area contributed by atoms with Gasteiger partial charge < -0.3 is 0 Å². The summed E-state index contributed by atoms with van der Waals surface area (Å²) in [5.41, 5.74) is 4.43. The number of hydrogen-bond acceptors (Lipinski definition) is 1. The first kappa shape index (κ1) is 14.0. The Balaban J connectivity index is 2.12. The van der Waals surface area contributed by atoms with Gasteiger partial charge in [-0.3, -0.25) is 4.98 Å². The Morgan fingerprint density at radius 2 is 1.48 bits per heavy atom. The fraction of sp³-hybridized carbons (Fsp3) is 0. The molecule has 0 saturated carbocycles. The molecule has 0 atom stereocenters. The van der Waals surface area contributed by atoms with Gasteiger partial charge in [-0.25, -0.2) is 0 Å². The van der Waals surface area contributed by atoms with Crippen molar-refractivity contribution in [3.8, 4) is 22.3 Å². The zero-order valence-electron chi connectivity index (χ0n) is 12.4. The first-order valence-corrected chi connectivity index (χ1v) is 7.89. The first-order chi connectivity index (χ1) is 11.3. The third-order valence-electron chi connectivity index (χ3n) is 4.05. The predicted molar refractivity (Wildman–Crippen MR) is 97.6 cm³/mol. The molecule has 1 nitrogen and oxygen atoms in total. The third kappa shape index (κ3) is 2.49. The van der Waals surface area contributed by atoms with Crippen molar-refractivity contribution in [3.05, 3.63) is 90.2 Å². The molecule has 0 bridgehead atoms. The molecular weight excluding hydrogens is 302 g/mol. The van der Waals surface area contributed by atoms with Crippen LogP contribution >= 0.6 is 11.6 Å². The highest BCUT2D eigenvalue weighted by Crippen LogP contribution is 2.40. The Hall–Kier alpha value is -2.64. The molecule has 0 aliphatic rings. The minimum atomic E-state index is 0.716. The van der Waals surface area contributed by atoms with Gasteiger partial charge in [0.1, 0.15) is 0 Å². The second-order valence-corrected chi connectivity index (χ2v) is 5.84. The van der Waals surface area contributed by atoms with Crippen LogP contribution < -0.4 is 0 Å². The number of hydrogen-bond donors (Lipinski definition) is 0. The molecule has 4 aromatic rings. The zero-order valence-corrected chi connectivity index (χ0v) is 13.2. The Morgan fingerprint density at radius 3 is 2.30 bits per heavy atom. The number of halogens is 1. The average Bonchev–Trinajstić information content (AvgIpc) is 2.62. The lowest BCUT2D eigenvalue weighted by atomic mass is 9.90. The Labute approximate surface area is 140 Å². The summed E-state index contributed by atoms with van der Waals surface area (Å²) >= 11 is 6.48. The van der Waals surface area contributed by atoms with E-state index in [1.54, 1.807) is 6.20 Å². The van der Waals surface area contributed by atoms with Crippen molar-refractivity contribution >= 4 is 22.4 Å². The van der Waals surface area contributed by atoms with Gasteiger partial charge in [-0.1, -0.05) is 78.3 Å². The molecule has 0 unspecified atom stereocenters. The third-order valence-corrected chi connectivity index (χ3v) is 4.38. The molecule has 0 radical (unpaired) electrons. The van der Waals surface area contributed by atoms with Crippen molar-refractivity contribution in [3.63, 3.8) is 0 Å². The van der Waals surface area contributed by atoms with Crippen LogP contribution in [0.4, 0.5) is 0 Å². The number of rotatable bonds is 2. The molecule has 2 heteroatoms. The summed E-state index contributed by atoms with van der Waals surface area (Å²) in [5, 5.41) is 3.10. The van der Waals surface area contributed by atoms with Crippen LogP contribution in [0.3, 0.4) is 0 Å². The Bertz CT molecular complexity index is 977. The summed E-state index contributed by atoms with van der Waals surface area (Å²) in [7, 11) is 0. The molecular formula is C21H14ClN.